The van der Waals surface area contributed by atoms with Gasteiger partial charge < -0.3 is 10.5 Å². The van der Waals surface area contributed by atoms with Crippen LogP contribution in [-0.4, -0.2) is 19.1 Å². The fourth-order valence-electron chi connectivity index (χ4n) is 0.297. The van der Waals surface area contributed by atoms with E-state index in [9.17, 15) is 4.79 Å². The maximum Gasteiger partial charge on any atom is 0.307 e. The van der Waals surface area contributed by atoms with Crippen molar-refractivity contribution in [1.82, 2.24) is 0 Å². The lowest BCUT2D eigenvalue weighted by atomic mass is 10.3. The van der Waals surface area contributed by atoms with Crippen molar-refractivity contribution in [2.24, 2.45) is 5.73 Å². The molecule has 0 rings (SSSR count). The average Bonchev–Trinajstić information content (AvgIpc) is 1.65. The molecular formula is C5H10NO2. The lowest BCUT2D eigenvalue weighted by Crippen LogP contribution is -2.20. The molecule has 1 unspecified atom stereocenters. The number of methoxy groups -OCH3 is 1. The molecule has 1 radical (unpaired) electrons. The van der Waals surface area contributed by atoms with Crippen LogP contribution in [0.1, 0.15) is 6.42 Å². The Balaban J connectivity index is 3.25. The van der Waals surface area contributed by atoms with Crippen LogP contribution in [-0.2, 0) is 9.53 Å². The lowest BCUT2D eigenvalue weighted by Gasteiger charge is -1.99. The largest absolute Gasteiger partial charge is 0.469 e. The summed E-state index contributed by atoms with van der Waals surface area (Å²) in [5.74, 6) is -0.312. The highest BCUT2D eigenvalue weighted by atomic mass is 16.5. The molecule has 0 amide bonds. The normalized spacial score (nSPS) is 12.9. The molecule has 0 aliphatic heterocycles. The molecule has 0 fully saturated rings. The molecular weight excluding hydrogens is 106 g/mol. The smallest absolute Gasteiger partial charge is 0.307 e. The number of hydrogen-bond acceptors (Lipinski definition) is 3. The Bertz CT molecular complexity index is 80.5. The quantitative estimate of drug-likeness (QED) is 0.504. The molecule has 0 aliphatic rings. The van der Waals surface area contributed by atoms with Crippen LogP contribution in [0, 0.1) is 6.92 Å². The SMILES string of the molecule is [CH2]C(N)CC(=O)OC. The van der Waals surface area contributed by atoms with Gasteiger partial charge >= 0.3 is 5.97 Å². The van der Waals surface area contributed by atoms with Crippen LogP contribution in [0.25, 0.3) is 0 Å². The van der Waals surface area contributed by atoms with Crippen molar-refractivity contribution in [3.8, 4) is 0 Å². The van der Waals surface area contributed by atoms with Gasteiger partial charge in [0.2, 0.25) is 0 Å². The summed E-state index contributed by atoms with van der Waals surface area (Å²) in [6.07, 6.45) is 0.191. The van der Waals surface area contributed by atoms with E-state index in [1.54, 1.807) is 0 Å². The highest BCUT2D eigenvalue weighted by Crippen LogP contribution is 1.86. The second-order valence-electron chi connectivity index (χ2n) is 1.54. The minimum atomic E-state index is -0.345. The maximum absolute atomic E-state index is 10.3. The zero-order valence-electron chi connectivity index (χ0n) is 4.89. The summed E-state index contributed by atoms with van der Waals surface area (Å²) in [6.45, 7) is 3.40. The summed E-state index contributed by atoms with van der Waals surface area (Å²) in [5, 5.41) is 0. The molecule has 0 aliphatic carbocycles. The van der Waals surface area contributed by atoms with Crippen molar-refractivity contribution in [2.45, 2.75) is 12.5 Å². The molecule has 0 aromatic carbocycles. The molecule has 1 atom stereocenters. The minimum Gasteiger partial charge on any atom is -0.469 e. The van der Waals surface area contributed by atoms with E-state index in [0.29, 0.717) is 0 Å². The van der Waals surface area contributed by atoms with Crippen molar-refractivity contribution in [3.63, 3.8) is 0 Å². The van der Waals surface area contributed by atoms with Crippen molar-refractivity contribution < 1.29 is 9.53 Å². The molecule has 0 heterocycles. The maximum atomic E-state index is 10.3. The van der Waals surface area contributed by atoms with Crippen LogP contribution in [0.4, 0.5) is 0 Å². The van der Waals surface area contributed by atoms with Gasteiger partial charge in [-0.3, -0.25) is 4.79 Å². The standard InChI is InChI=1S/C5H10NO2/c1-4(6)3-5(7)8-2/h4H,1,3,6H2,2H3. The topological polar surface area (TPSA) is 52.3 Å². The van der Waals surface area contributed by atoms with Crippen LogP contribution in [0.2, 0.25) is 0 Å². The van der Waals surface area contributed by atoms with E-state index in [2.05, 4.69) is 11.7 Å². The van der Waals surface area contributed by atoms with E-state index < -0.39 is 0 Å². The van der Waals surface area contributed by atoms with Gasteiger partial charge in [0.05, 0.1) is 13.5 Å². The number of carbonyl (C=O) groups excluding carboxylic acids is 1. The number of esters is 1. The highest BCUT2D eigenvalue weighted by Gasteiger charge is 2.02. The summed E-state index contributed by atoms with van der Waals surface area (Å²) < 4.78 is 4.30. The molecule has 2 N–H and O–H groups in total. The number of nitrogens with two attached hydrogens (primary N) is 1. The number of ether oxygens (including phenoxy) is 1. The minimum absolute atomic E-state index is 0.191. The first-order valence-corrected chi connectivity index (χ1v) is 2.32. The van der Waals surface area contributed by atoms with Crippen LogP contribution < -0.4 is 5.73 Å². The van der Waals surface area contributed by atoms with Gasteiger partial charge in [-0.2, -0.15) is 0 Å². The van der Waals surface area contributed by atoms with Gasteiger partial charge in [0, 0.05) is 6.04 Å². The van der Waals surface area contributed by atoms with Gasteiger partial charge in [0.15, 0.2) is 0 Å². The average molecular weight is 116 g/mol. The molecule has 8 heavy (non-hydrogen) atoms. The van der Waals surface area contributed by atoms with Crippen LogP contribution in [0.5, 0.6) is 0 Å². The molecule has 0 bridgehead atoms. The van der Waals surface area contributed by atoms with E-state index in [4.69, 9.17) is 5.73 Å². The molecule has 47 valence electrons. The van der Waals surface area contributed by atoms with Gasteiger partial charge in [-0.15, -0.1) is 0 Å². The first-order chi connectivity index (χ1) is 3.66. The van der Waals surface area contributed by atoms with Gasteiger partial charge in [-0.05, 0) is 6.92 Å². The molecule has 0 aromatic rings. The Morgan fingerprint density at radius 3 is 2.62 bits per heavy atom. The second-order valence-corrected chi connectivity index (χ2v) is 1.54. The Morgan fingerprint density at radius 1 is 2.00 bits per heavy atom. The first-order valence-electron chi connectivity index (χ1n) is 2.32. The zero-order chi connectivity index (χ0) is 6.57. The molecule has 0 spiro atoms. The number of rotatable bonds is 2. The van der Waals surface area contributed by atoms with Crippen LogP contribution in [0.15, 0.2) is 0 Å². The van der Waals surface area contributed by atoms with E-state index in [-0.39, 0.29) is 18.4 Å². The third-order valence-corrected chi connectivity index (χ3v) is 0.657. The summed E-state index contributed by atoms with van der Waals surface area (Å²) in [7, 11) is 1.32. The third-order valence-electron chi connectivity index (χ3n) is 0.657. The van der Waals surface area contributed by atoms with Crippen LogP contribution >= 0.6 is 0 Å². The van der Waals surface area contributed by atoms with Gasteiger partial charge in [-0.1, -0.05) is 0 Å². The van der Waals surface area contributed by atoms with Crippen molar-refractivity contribution in [2.75, 3.05) is 7.11 Å². The van der Waals surface area contributed by atoms with E-state index in [1.165, 1.54) is 7.11 Å². The molecule has 0 saturated carbocycles. The Hall–Kier alpha value is -0.570. The monoisotopic (exact) mass is 116 g/mol. The van der Waals surface area contributed by atoms with Crippen molar-refractivity contribution >= 4 is 5.97 Å². The fourth-order valence-corrected chi connectivity index (χ4v) is 0.297. The molecule has 0 saturated heterocycles. The number of carbonyl (C=O) groups is 1. The Labute approximate surface area is 48.8 Å². The van der Waals surface area contributed by atoms with E-state index in [1.807, 2.05) is 0 Å². The van der Waals surface area contributed by atoms with Gasteiger partial charge in [-0.25, -0.2) is 0 Å². The van der Waals surface area contributed by atoms with Gasteiger partial charge in [0.25, 0.3) is 0 Å². The summed E-state index contributed by atoms with van der Waals surface area (Å²) in [4.78, 5) is 10.3. The molecule has 3 nitrogen and oxygen atoms in total. The summed E-state index contributed by atoms with van der Waals surface area (Å²) >= 11 is 0. The van der Waals surface area contributed by atoms with Crippen molar-refractivity contribution in [1.29, 1.82) is 0 Å². The van der Waals surface area contributed by atoms with Crippen LogP contribution in [0.3, 0.4) is 0 Å². The van der Waals surface area contributed by atoms with E-state index >= 15 is 0 Å². The predicted molar refractivity (Wildman–Crippen MR) is 30.0 cm³/mol. The first kappa shape index (κ1) is 7.43. The summed E-state index contributed by atoms with van der Waals surface area (Å²) in [6, 6.07) is -0.345. The van der Waals surface area contributed by atoms with Crippen molar-refractivity contribution in [3.05, 3.63) is 6.92 Å². The molecule has 3 heteroatoms. The predicted octanol–water partition coefficient (Wildman–Crippen LogP) is -0.289. The number of hydrogen-bond donors (Lipinski definition) is 1. The summed E-state index contributed by atoms with van der Waals surface area (Å²) in [5.41, 5.74) is 5.16. The van der Waals surface area contributed by atoms with E-state index in [0.717, 1.165) is 0 Å². The second kappa shape index (κ2) is 3.43. The Morgan fingerprint density at radius 2 is 2.50 bits per heavy atom. The highest BCUT2D eigenvalue weighted by molar-refractivity contribution is 5.69. The fraction of sp³-hybridized carbons (Fsp3) is 0.600. The zero-order valence-corrected chi connectivity index (χ0v) is 4.89. The van der Waals surface area contributed by atoms with Gasteiger partial charge in [0.1, 0.15) is 0 Å². The molecule has 0 aromatic heterocycles. The lowest BCUT2D eigenvalue weighted by molar-refractivity contribution is -0.140. The third kappa shape index (κ3) is 3.61. The Kier molecular flexibility index (Phi) is 3.19.